The molecule has 1 aromatic rings. The summed E-state index contributed by atoms with van der Waals surface area (Å²) < 4.78 is 0. The predicted molar refractivity (Wildman–Crippen MR) is 73.3 cm³/mol. The molecule has 1 aliphatic rings. The van der Waals surface area contributed by atoms with Crippen LogP contribution in [0.2, 0.25) is 0 Å². The number of likely N-dealkylation sites (tertiary alicyclic amines) is 1. The van der Waals surface area contributed by atoms with Crippen molar-refractivity contribution in [1.29, 1.82) is 0 Å². The Morgan fingerprint density at radius 2 is 1.90 bits per heavy atom. The van der Waals surface area contributed by atoms with E-state index in [1.807, 2.05) is 18.5 Å². The summed E-state index contributed by atoms with van der Waals surface area (Å²) in [7, 11) is 2.21. The number of aliphatic carboxylic acids is 2. The third-order valence-electron chi connectivity index (χ3n) is 3.80. The van der Waals surface area contributed by atoms with Gasteiger partial charge in [0.1, 0.15) is 0 Å². The Labute approximate surface area is 118 Å². The van der Waals surface area contributed by atoms with Crippen LogP contribution in [-0.2, 0) is 9.59 Å². The fourth-order valence-electron chi connectivity index (χ4n) is 2.34. The fraction of sp³-hybridized carbons (Fsp3) is 0.500. The van der Waals surface area contributed by atoms with E-state index in [4.69, 9.17) is 19.8 Å². The molecule has 1 aliphatic heterocycles. The third kappa shape index (κ3) is 4.03. The molecule has 6 heteroatoms. The summed E-state index contributed by atoms with van der Waals surface area (Å²) in [5.41, 5.74) is 1.35. The van der Waals surface area contributed by atoms with Crippen LogP contribution < -0.4 is 0 Å². The zero-order valence-electron chi connectivity index (χ0n) is 11.9. The van der Waals surface area contributed by atoms with Gasteiger partial charge in [-0.3, -0.25) is 9.88 Å². The first-order chi connectivity index (χ1) is 9.34. The molecule has 20 heavy (non-hydrogen) atoms. The highest BCUT2D eigenvalue weighted by molar-refractivity contribution is 6.27. The van der Waals surface area contributed by atoms with E-state index in [0.29, 0.717) is 12.1 Å². The summed E-state index contributed by atoms with van der Waals surface area (Å²) in [5, 5.41) is 14.8. The molecule has 0 saturated carbocycles. The molecule has 1 saturated heterocycles. The molecule has 0 amide bonds. The Morgan fingerprint density at radius 3 is 2.25 bits per heavy atom. The normalized spacial score (nSPS) is 25.6. The molecule has 0 aromatic carbocycles. The van der Waals surface area contributed by atoms with Crippen LogP contribution in [0.15, 0.2) is 24.5 Å². The molecule has 0 aliphatic carbocycles. The molecule has 0 bridgehead atoms. The first-order valence-electron chi connectivity index (χ1n) is 6.42. The zero-order chi connectivity index (χ0) is 15.3. The Morgan fingerprint density at radius 1 is 1.30 bits per heavy atom. The molecule has 6 nitrogen and oxygen atoms in total. The quantitative estimate of drug-likeness (QED) is 0.760. The summed E-state index contributed by atoms with van der Waals surface area (Å²) in [5.74, 6) is -2.87. The van der Waals surface area contributed by atoms with E-state index in [9.17, 15) is 0 Å². The molecule has 110 valence electrons. The number of nitrogens with zero attached hydrogens (tertiary/aromatic N) is 2. The molecule has 3 atom stereocenters. The van der Waals surface area contributed by atoms with E-state index >= 15 is 0 Å². The number of aromatic nitrogens is 1. The maximum atomic E-state index is 9.10. The molecular formula is C14H20N2O4. The average Bonchev–Trinajstić information content (AvgIpc) is 2.68. The molecule has 1 aromatic heterocycles. The lowest BCUT2D eigenvalue weighted by atomic mass is 10.00. The number of carboxylic acid groups (broad SMARTS) is 2. The topological polar surface area (TPSA) is 90.7 Å². The summed E-state index contributed by atoms with van der Waals surface area (Å²) in [6, 6.07) is 5.45. The monoisotopic (exact) mass is 280 g/mol. The van der Waals surface area contributed by atoms with E-state index in [1.165, 1.54) is 12.0 Å². The van der Waals surface area contributed by atoms with Crippen molar-refractivity contribution in [3.8, 4) is 0 Å². The number of carboxylic acids is 2. The molecule has 2 unspecified atom stereocenters. The second-order valence-electron chi connectivity index (χ2n) is 5.03. The van der Waals surface area contributed by atoms with Gasteiger partial charge in [-0.05, 0) is 37.9 Å². The van der Waals surface area contributed by atoms with Crippen LogP contribution in [0.5, 0.6) is 0 Å². The van der Waals surface area contributed by atoms with Crippen molar-refractivity contribution < 1.29 is 19.8 Å². The number of hydrogen-bond donors (Lipinski definition) is 2. The third-order valence-corrected chi connectivity index (χ3v) is 3.80. The number of carbonyl (C=O) groups is 2. The fourth-order valence-corrected chi connectivity index (χ4v) is 2.34. The molecule has 1 fully saturated rings. The first-order valence-corrected chi connectivity index (χ1v) is 6.42. The number of rotatable bonds is 1. The van der Waals surface area contributed by atoms with Gasteiger partial charge in [0, 0.05) is 24.5 Å². The van der Waals surface area contributed by atoms with Crippen LogP contribution in [0.1, 0.15) is 31.9 Å². The van der Waals surface area contributed by atoms with E-state index in [1.54, 1.807) is 0 Å². The summed E-state index contributed by atoms with van der Waals surface area (Å²) in [4.78, 5) is 24.8. The highest BCUT2D eigenvalue weighted by Gasteiger charge is 2.33. The predicted octanol–water partition coefficient (Wildman–Crippen LogP) is 1.64. The summed E-state index contributed by atoms with van der Waals surface area (Å²) >= 11 is 0. The lowest BCUT2D eigenvalue weighted by Gasteiger charge is -2.23. The highest BCUT2D eigenvalue weighted by atomic mass is 16.4. The Balaban J connectivity index is 0.000000286. The largest absolute Gasteiger partial charge is 0.473 e. The number of hydrogen-bond acceptors (Lipinski definition) is 4. The zero-order valence-corrected chi connectivity index (χ0v) is 11.9. The van der Waals surface area contributed by atoms with Crippen molar-refractivity contribution in [2.75, 3.05) is 7.05 Å². The van der Waals surface area contributed by atoms with E-state index in [0.717, 1.165) is 5.92 Å². The van der Waals surface area contributed by atoms with Crippen LogP contribution in [0, 0.1) is 5.92 Å². The maximum Gasteiger partial charge on any atom is 0.414 e. The van der Waals surface area contributed by atoms with Gasteiger partial charge in [-0.2, -0.15) is 0 Å². The van der Waals surface area contributed by atoms with Gasteiger partial charge < -0.3 is 10.2 Å². The van der Waals surface area contributed by atoms with Gasteiger partial charge in [0.05, 0.1) is 0 Å². The molecule has 2 heterocycles. The second-order valence-corrected chi connectivity index (χ2v) is 5.03. The highest BCUT2D eigenvalue weighted by Crippen LogP contribution is 2.37. The van der Waals surface area contributed by atoms with Crippen LogP contribution in [0.4, 0.5) is 0 Å². The van der Waals surface area contributed by atoms with Gasteiger partial charge in [-0.15, -0.1) is 0 Å². The van der Waals surface area contributed by atoms with Gasteiger partial charge in [0.15, 0.2) is 0 Å². The molecular weight excluding hydrogens is 260 g/mol. The average molecular weight is 280 g/mol. The minimum absolute atomic E-state index is 0.564. The lowest BCUT2D eigenvalue weighted by molar-refractivity contribution is -0.159. The van der Waals surface area contributed by atoms with Crippen LogP contribution in [0.25, 0.3) is 0 Å². The smallest absolute Gasteiger partial charge is 0.414 e. The minimum atomic E-state index is -1.82. The van der Waals surface area contributed by atoms with Crippen LogP contribution >= 0.6 is 0 Å². The van der Waals surface area contributed by atoms with Gasteiger partial charge >= 0.3 is 11.9 Å². The van der Waals surface area contributed by atoms with Gasteiger partial charge in [0.2, 0.25) is 0 Å². The van der Waals surface area contributed by atoms with Crippen molar-refractivity contribution in [2.24, 2.45) is 5.92 Å². The molecule has 0 spiro atoms. The maximum absolute atomic E-state index is 9.10. The van der Waals surface area contributed by atoms with Crippen molar-refractivity contribution in [3.05, 3.63) is 30.1 Å². The minimum Gasteiger partial charge on any atom is -0.473 e. The first kappa shape index (κ1) is 16.1. The van der Waals surface area contributed by atoms with E-state index in [-0.39, 0.29) is 0 Å². The molecule has 2 rings (SSSR count). The van der Waals surface area contributed by atoms with Crippen LogP contribution in [-0.4, -0.2) is 45.1 Å². The van der Waals surface area contributed by atoms with Crippen molar-refractivity contribution in [2.45, 2.75) is 32.4 Å². The Bertz CT molecular complexity index is 452. The lowest BCUT2D eigenvalue weighted by Crippen LogP contribution is -2.26. The van der Waals surface area contributed by atoms with E-state index < -0.39 is 11.9 Å². The molecule has 2 N–H and O–H groups in total. The second kappa shape index (κ2) is 7.00. The van der Waals surface area contributed by atoms with Crippen molar-refractivity contribution in [1.82, 2.24) is 9.88 Å². The van der Waals surface area contributed by atoms with Gasteiger partial charge in [-0.25, -0.2) is 9.59 Å². The van der Waals surface area contributed by atoms with Gasteiger partial charge in [0.25, 0.3) is 0 Å². The molecule has 0 radical (unpaired) electrons. The Hall–Kier alpha value is -1.95. The summed E-state index contributed by atoms with van der Waals surface area (Å²) in [6.45, 7) is 4.64. The van der Waals surface area contributed by atoms with Crippen LogP contribution in [0.3, 0.4) is 0 Å². The Kier molecular flexibility index (Phi) is 5.64. The summed E-state index contributed by atoms with van der Waals surface area (Å²) in [6.07, 6.45) is 5.08. The van der Waals surface area contributed by atoms with E-state index in [2.05, 4.69) is 36.8 Å². The van der Waals surface area contributed by atoms with Crippen molar-refractivity contribution >= 4 is 11.9 Å². The van der Waals surface area contributed by atoms with Gasteiger partial charge in [-0.1, -0.05) is 13.0 Å². The van der Waals surface area contributed by atoms with Crippen molar-refractivity contribution in [3.63, 3.8) is 0 Å². The number of pyridine rings is 1. The SMILES string of the molecule is CC1C[C@@H](c2cccnc2)N(C)C1C.O=C(O)C(=O)O. The standard InChI is InChI=1S/C12H18N2.C2H2O4/c1-9-7-12(14(3)10(9)2)11-5-4-6-13-8-11;3-1(4)2(5)6/h4-6,8-10,12H,7H2,1-3H3;(H,3,4)(H,5,6)/t9?,10?,12-;/m0./s1.